The molecule has 4 rings (SSSR count). The van der Waals surface area contributed by atoms with Gasteiger partial charge < -0.3 is 4.74 Å². The number of nitrogens with zero attached hydrogens (tertiary/aromatic N) is 3. The molecule has 0 bridgehead atoms. The van der Waals surface area contributed by atoms with Crippen LogP contribution in [0.4, 0.5) is 0 Å². The molecule has 0 aliphatic carbocycles. The van der Waals surface area contributed by atoms with Gasteiger partial charge in [-0.1, -0.05) is 53.7 Å². The van der Waals surface area contributed by atoms with Crippen molar-refractivity contribution in [2.75, 3.05) is 0 Å². The predicted octanol–water partition coefficient (Wildman–Crippen LogP) is 7.50. The van der Waals surface area contributed by atoms with Crippen LogP contribution in [0, 0.1) is 6.92 Å². The van der Waals surface area contributed by atoms with Crippen LogP contribution in [0.3, 0.4) is 0 Å². The molecule has 0 amide bonds. The Kier molecular flexibility index (Phi) is 11.7. The molecule has 0 aliphatic heterocycles. The molecule has 31 heavy (non-hydrogen) atoms. The van der Waals surface area contributed by atoms with E-state index in [1.165, 1.54) is 11.3 Å². The molecule has 0 N–H and O–H groups in total. The van der Waals surface area contributed by atoms with Crippen molar-refractivity contribution in [2.45, 2.75) is 48.5 Å². The normalized spacial score (nSPS) is 9.26. The summed E-state index contributed by atoms with van der Waals surface area (Å²) < 4.78 is 6.70. The first kappa shape index (κ1) is 25.9. The number of aromatic nitrogens is 3. The lowest BCUT2D eigenvalue weighted by atomic mass is 10.1. The number of ether oxygens (including phenoxy) is 1. The average molecular weight is 438 g/mol. The van der Waals surface area contributed by atoms with Gasteiger partial charge in [0.15, 0.2) is 5.01 Å². The van der Waals surface area contributed by atoms with Crippen molar-refractivity contribution in [3.63, 3.8) is 0 Å². The lowest BCUT2D eigenvalue weighted by Crippen LogP contribution is -2.00. The summed E-state index contributed by atoms with van der Waals surface area (Å²) in [6.07, 6.45) is 3.19. The average Bonchev–Trinajstić information content (AvgIpc) is 3.29. The number of ketones is 1. The molecule has 0 atom stereocenters. The Morgan fingerprint density at radius 1 is 0.839 bits per heavy atom. The van der Waals surface area contributed by atoms with Crippen LogP contribution in [0.2, 0.25) is 0 Å². The fraction of sp³-hybridized carbons (Fsp3) is 0.280. The second kappa shape index (κ2) is 14.0. The minimum Gasteiger partial charge on any atom is -0.437 e. The number of rotatable bonds is 4. The van der Waals surface area contributed by atoms with Crippen molar-refractivity contribution in [1.82, 2.24) is 15.0 Å². The van der Waals surface area contributed by atoms with Crippen LogP contribution < -0.4 is 4.74 Å². The van der Waals surface area contributed by atoms with Gasteiger partial charge >= 0.3 is 0 Å². The van der Waals surface area contributed by atoms with Gasteiger partial charge in [0.1, 0.15) is 5.75 Å². The van der Waals surface area contributed by atoms with Crippen LogP contribution in [-0.2, 0) is 0 Å². The Bertz CT molecular complexity index is 1030. The SMILES string of the molecule is CC.CC.CC.Cc1nccnc1Oc1ccc(C(=O)c2nc3ccccc3s2)cc1. The van der Waals surface area contributed by atoms with Crippen molar-refractivity contribution in [1.29, 1.82) is 0 Å². The number of carbonyl (C=O) groups is 1. The summed E-state index contributed by atoms with van der Waals surface area (Å²) in [6.45, 7) is 13.8. The molecule has 0 saturated heterocycles. The zero-order valence-electron chi connectivity index (χ0n) is 19.3. The largest absolute Gasteiger partial charge is 0.437 e. The standard InChI is InChI=1S/C19H13N3O2S.3C2H6/c1-12-18(21-11-10-20-12)24-14-8-6-13(7-9-14)17(23)19-22-15-4-2-3-5-16(15)25-19;3*1-2/h2-11H,1H3;3*1-2H3. The molecule has 0 fully saturated rings. The minimum absolute atomic E-state index is 0.0940. The van der Waals surface area contributed by atoms with Crippen LogP contribution in [0.15, 0.2) is 60.9 Å². The number of hydrogen-bond acceptors (Lipinski definition) is 6. The Hall–Kier alpha value is -3.12. The predicted molar refractivity (Wildman–Crippen MR) is 130 cm³/mol. The summed E-state index contributed by atoms with van der Waals surface area (Å²) in [5.74, 6) is 0.959. The van der Waals surface area contributed by atoms with Crippen molar-refractivity contribution < 1.29 is 9.53 Å². The first-order valence-electron chi connectivity index (χ1n) is 10.7. The number of fused-ring (bicyclic) bond motifs is 1. The molecular formula is C25H31N3O2S. The number of aryl methyl sites for hydroxylation is 1. The summed E-state index contributed by atoms with van der Waals surface area (Å²) in [6, 6.07) is 14.7. The van der Waals surface area contributed by atoms with E-state index in [9.17, 15) is 4.79 Å². The molecule has 0 unspecified atom stereocenters. The molecule has 0 spiro atoms. The van der Waals surface area contributed by atoms with E-state index in [-0.39, 0.29) is 5.78 Å². The van der Waals surface area contributed by atoms with Crippen molar-refractivity contribution in [3.8, 4) is 11.6 Å². The minimum atomic E-state index is -0.0940. The van der Waals surface area contributed by atoms with Gasteiger partial charge in [-0.15, -0.1) is 11.3 Å². The van der Waals surface area contributed by atoms with Crippen molar-refractivity contribution >= 4 is 27.3 Å². The zero-order chi connectivity index (χ0) is 23.2. The van der Waals surface area contributed by atoms with Crippen LogP contribution >= 0.6 is 11.3 Å². The van der Waals surface area contributed by atoms with Gasteiger partial charge in [-0.25, -0.2) is 9.97 Å². The molecule has 6 heteroatoms. The number of thiazole rings is 1. The van der Waals surface area contributed by atoms with Gasteiger partial charge in [-0.2, -0.15) is 0 Å². The number of benzene rings is 2. The highest BCUT2D eigenvalue weighted by Gasteiger charge is 2.14. The molecule has 4 aromatic rings. The smallest absolute Gasteiger partial charge is 0.240 e. The summed E-state index contributed by atoms with van der Waals surface area (Å²) in [5.41, 5.74) is 2.12. The molecule has 2 aromatic carbocycles. The van der Waals surface area contributed by atoms with E-state index in [2.05, 4.69) is 15.0 Å². The molecule has 2 heterocycles. The second-order valence-electron chi connectivity index (χ2n) is 5.39. The number of para-hydroxylation sites is 1. The zero-order valence-corrected chi connectivity index (χ0v) is 20.2. The van der Waals surface area contributed by atoms with Crippen LogP contribution in [0.1, 0.15) is 62.6 Å². The topological polar surface area (TPSA) is 65.0 Å². The highest BCUT2D eigenvalue weighted by atomic mass is 32.1. The molecule has 164 valence electrons. The molecule has 5 nitrogen and oxygen atoms in total. The molecule has 0 aliphatic rings. The third-order valence-corrected chi connectivity index (χ3v) is 4.69. The highest BCUT2D eigenvalue weighted by Crippen LogP contribution is 2.25. The quantitative estimate of drug-likeness (QED) is 0.309. The van der Waals surface area contributed by atoms with Crippen LogP contribution in [0.25, 0.3) is 10.2 Å². The maximum Gasteiger partial charge on any atom is 0.240 e. The molecule has 0 radical (unpaired) electrons. The Morgan fingerprint density at radius 3 is 2.06 bits per heavy atom. The second-order valence-corrected chi connectivity index (χ2v) is 6.42. The van der Waals surface area contributed by atoms with E-state index in [0.717, 1.165) is 10.2 Å². The Balaban J connectivity index is 0.000000739. The lowest BCUT2D eigenvalue weighted by molar-refractivity contribution is 0.103. The van der Waals surface area contributed by atoms with E-state index in [1.54, 1.807) is 36.7 Å². The van der Waals surface area contributed by atoms with E-state index in [1.807, 2.05) is 72.7 Å². The highest BCUT2D eigenvalue weighted by molar-refractivity contribution is 7.20. The molecular weight excluding hydrogens is 406 g/mol. The van der Waals surface area contributed by atoms with Crippen molar-refractivity contribution in [2.24, 2.45) is 0 Å². The van der Waals surface area contributed by atoms with E-state index in [4.69, 9.17) is 4.74 Å². The van der Waals surface area contributed by atoms with Crippen LogP contribution in [-0.4, -0.2) is 20.7 Å². The summed E-state index contributed by atoms with van der Waals surface area (Å²) in [7, 11) is 0. The summed E-state index contributed by atoms with van der Waals surface area (Å²) in [4.78, 5) is 25.3. The maximum absolute atomic E-state index is 12.6. The monoisotopic (exact) mass is 437 g/mol. The van der Waals surface area contributed by atoms with E-state index < -0.39 is 0 Å². The van der Waals surface area contributed by atoms with Crippen molar-refractivity contribution in [3.05, 3.63) is 77.2 Å². The molecule has 2 aromatic heterocycles. The first-order valence-corrected chi connectivity index (χ1v) is 11.5. The van der Waals surface area contributed by atoms with Gasteiger partial charge in [0.05, 0.1) is 15.9 Å². The summed E-state index contributed by atoms with van der Waals surface area (Å²) >= 11 is 1.40. The van der Waals surface area contributed by atoms with Gasteiger partial charge in [-0.3, -0.25) is 9.78 Å². The Labute approximate surface area is 189 Å². The van der Waals surface area contributed by atoms with Gasteiger partial charge in [0.2, 0.25) is 11.7 Å². The Morgan fingerprint density at radius 2 is 1.45 bits per heavy atom. The van der Waals surface area contributed by atoms with Crippen LogP contribution in [0.5, 0.6) is 11.6 Å². The van der Waals surface area contributed by atoms with Gasteiger partial charge in [-0.05, 0) is 43.3 Å². The van der Waals surface area contributed by atoms with Gasteiger partial charge in [0.25, 0.3) is 0 Å². The fourth-order valence-electron chi connectivity index (χ4n) is 2.37. The number of carbonyl (C=O) groups excluding carboxylic acids is 1. The maximum atomic E-state index is 12.6. The lowest BCUT2D eigenvalue weighted by Gasteiger charge is -2.06. The third kappa shape index (κ3) is 6.96. The summed E-state index contributed by atoms with van der Waals surface area (Å²) in [5, 5.41) is 0.486. The number of hydrogen-bond donors (Lipinski definition) is 0. The first-order chi connectivity index (χ1) is 15.2. The van der Waals surface area contributed by atoms with E-state index in [0.29, 0.717) is 27.9 Å². The fourth-order valence-corrected chi connectivity index (χ4v) is 3.30. The third-order valence-electron chi connectivity index (χ3n) is 3.66. The van der Waals surface area contributed by atoms with E-state index >= 15 is 0 Å². The molecule has 0 saturated carbocycles. The van der Waals surface area contributed by atoms with Gasteiger partial charge in [0, 0.05) is 18.0 Å².